The molecule has 1 saturated carbocycles. The normalized spacial score (nSPS) is 25.4. The Morgan fingerprint density at radius 3 is 2.21 bits per heavy atom. The van der Waals surface area contributed by atoms with Gasteiger partial charge >= 0.3 is 0 Å². The number of carbonyl (C=O) groups is 2. The molecule has 1 aromatic heterocycles. The van der Waals surface area contributed by atoms with Crippen LogP contribution in [-0.2, 0) is 16.6 Å². The van der Waals surface area contributed by atoms with Gasteiger partial charge in [-0.25, -0.2) is 0 Å². The number of aromatic nitrogens is 2. The summed E-state index contributed by atoms with van der Waals surface area (Å²) in [6.45, 7) is 5.67. The van der Waals surface area contributed by atoms with E-state index in [-0.39, 0.29) is 23.7 Å². The number of hydrogen-bond acceptors (Lipinski definition) is 4. The number of amides is 2. The Morgan fingerprint density at radius 2 is 1.54 bits per heavy atom. The van der Waals surface area contributed by atoms with Crippen molar-refractivity contribution in [3.63, 3.8) is 0 Å². The van der Waals surface area contributed by atoms with Gasteiger partial charge in [0, 0.05) is 45.1 Å². The van der Waals surface area contributed by atoms with Crippen molar-refractivity contribution in [3.05, 3.63) is 5.69 Å². The SMILES string of the molecule is Cc1c(NC(=O)[C@H]2CCCC[C@H]2C(=O)N2CCCC2)c(N2CCCC2)nn1C. The van der Waals surface area contributed by atoms with E-state index in [1.54, 1.807) is 0 Å². The molecule has 2 saturated heterocycles. The number of hydrogen-bond donors (Lipinski definition) is 1. The summed E-state index contributed by atoms with van der Waals surface area (Å²) in [5.41, 5.74) is 1.79. The van der Waals surface area contributed by atoms with Crippen molar-refractivity contribution in [2.75, 3.05) is 36.4 Å². The molecule has 154 valence electrons. The van der Waals surface area contributed by atoms with Gasteiger partial charge in [-0.15, -0.1) is 0 Å². The van der Waals surface area contributed by atoms with Crippen molar-refractivity contribution in [2.45, 2.75) is 58.3 Å². The second-order valence-electron chi connectivity index (χ2n) is 8.62. The third-order valence-electron chi connectivity index (χ3n) is 6.81. The van der Waals surface area contributed by atoms with E-state index in [9.17, 15) is 9.59 Å². The minimum Gasteiger partial charge on any atom is -0.353 e. The highest BCUT2D eigenvalue weighted by molar-refractivity contribution is 5.98. The van der Waals surface area contributed by atoms with Crippen LogP contribution in [0.1, 0.15) is 57.1 Å². The summed E-state index contributed by atoms with van der Waals surface area (Å²) >= 11 is 0. The van der Waals surface area contributed by atoms with Gasteiger partial charge in [0.25, 0.3) is 0 Å². The van der Waals surface area contributed by atoms with Crippen molar-refractivity contribution in [3.8, 4) is 0 Å². The quantitative estimate of drug-likeness (QED) is 0.862. The molecule has 3 aliphatic rings. The van der Waals surface area contributed by atoms with Crippen molar-refractivity contribution in [2.24, 2.45) is 18.9 Å². The minimum atomic E-state index is -0.229. The summed E-state index contributed by atoms with van der Waals surface area (Å²) in [7, 11) is 1.92. The van der Waals surface area contributed by atoms with Gasteiger partial charge in [0.1, 0.15) is 5.69 Å². The van der Waals surface area contributed by atoms with Crippen LogP contribution < -0.4 is 10.2 Å². The molecule has 2 amide bonds. The molecule has 1 aromatic rings. The van der Waals surface area contributed by atoms with Crippen LogP contribution in [0.3, 0.4) is 0 Å². The highest BCUT2D eigenvalue weighted by atomic mass is 16.2. The smallest absolute Gasteiger partial charge is 0.228 e. The Hall–Kier alpha value is -2.05. The molecule has 0 unspecified atom stereocenters. The lowest BCUT2D eigenvalue weighted by Gasteiger charge is -2.32. The predicted molar refractivity (Wildman–Crippen MR) is 109 cm³/mol. The van der Waals surface area contributed by atoms with Crippen LogP contribution in [-0.4, -0.2) is 52.7 Å². The molecule has 2 atom stereocenters. The first-order valence-corrected chi connectivity index (χ1v) is 10.9. The van der Waals surface area contributed by atoms with E-state index in [1.807, 2.05) is 23.6 Å². The topological polar surface area (TPSA) is 70.5 Å². The lowest BCUT2D eigenvalue weighted by atomic mass is 9.77. The molecule has 1 aliphatic carbocycles. The summed E-state index contributed by atoms with van der Waals surface area (Å²) in [5.74, 6) is 0.671. The molecule has 3 heterocycles. The average Bonchev–Trinajstić information content (AvgIpc) is 3.46. The molecular weight excluding hydrogens is 354 g/mol. The van der Waals surface area contributed by atoms with Crippen LogP contribution in [0.5, 0.6) is 0 Å². The molecule has 0 radical (unpaired) electrons. The van der Waals surface area contributed by atoms with Crippen LogP contribution in [0.4, 0.5) is 11.5 Å². The van der Waals surface area contributed by atoms with Gasteiger partial charge in [0.05, 0.1) is 5.69 Å². The Labute approximate surface area is 167 Å². The number of rotatable bonds is 4. The maximum absolute atomic E-state index is 13.3. The fraction of sp³-hybridized carbons (Fsp3) is 0.762. The van der Waals surface area contributed by atoms with Gasteiger partial charge in [-0.2, -0.15) is 5.10 Å². The minimum absolute atomic E-state index is 0.00575. The first-order chi connectivity index (χ1) is 13.6. The number of carbonyl (C=O) groups excluding carboxylic acids is 2. The molecule has 7 nitrogen and oxygen atoms in total. The fourth-order valence-electron chi connectivity index (χ4n) is 5.02. The highest BCUT2D eigenvalue weighted by Gasteiger charge is 2.39. The average molecular weight is 388 g/mol. The highest BCUT2D eigenvalue weighted by Crippen LogP contribution is 2.36. The molecule has 0 aromatic carbocycles. The number of likely N-dealkylation sites (tertiary alicyclic amines) is 1. The van der Waals surface area contributed by atoms with Crippen LogP contribution in [0.25, 0.3) is 0 Å². The molecule has 7 heteroatoms. The lowest BCUT2D eigenvalue weighted by molar-refractivity contribution is -0.141. The Balaban J connectivity index is 1.52. The molecule has 0 bridgehead atoms. The second-order valence-corrected chi connectivity index (χ2v) is 8.62. The first kappa shape index (κ1) is 19.3. The van der Waals surface area contributed by atoms with Gasteiger partial charge < -0.3 is 15.1 Å². The molecule has 4 rings (SSSR count). The number of aryl methyl sites for hydroxylation is 1. The van der Waals surface area contributed by atoms with Gasteiger partial charge in [-0.05, 0) is 45.4 Å². The van der Waals surface area contributed by atoms with E-state index in [0.29, 0.717) is 0 Å². The molecule has 3 fully saturated rings. The van der Waals surface area contributed by atoms with E-state index in [1.165, 1.54) is 0 Å². The summed E-state index contributed by atoms with van der Waals surface area (Å²) in [5, 5.41) is 7.85. The van der Waals surface area contributed by atoms with Crippen LogP contribution in [0.2, 0.25) is 0 Å². The van der Waals surface area contributed by atoms with Gasteiger partial charge in [0.2, 0.25) is 11.8 Å². The maximum atomic E-state index is 13.3. The molecule has 1 N–H and O–H groups in total. The molecule has 2 aliphatic heterocycles. The lowest BCUT2D eigenvalue weighted by Crippen LogP contribution is -2.43. The zero-order valence-corrected chi connectivity index (χ0v) is 17.2. The summed E-state index contributed by atoms with van der Waals surface area (Å²) in [4.78, 5) is 30.6. The Bertz CT molecular complexity index is 731. The zero-order chi connectivity index (χ0) is 19.7. The molecular formula is C21H33N5O2. The van der Waals surface area contributed by atoms with Gasteiger partial charge in [-0.3, -0.25) is 14.3 Å². The van der Waals surface area contributed by atoms with Gasteiger partial charge in [0.15, 0.2) is 5.82 Å². The van der Waals surface area contributed by atoms with Crippen LogP contribution in [0.15, 0.2) is 0 Å². The third kappa shape index (κ3) is 3.63. The van der Waals surface area contributed by atoms with Crippen molar-refractivity contribution >= 4 is 23.3 Å². The Morgan fingerprint density at radius 1 is 0.929 bits per heavy atom. The summed E-state index contributed by atoms with van der Waals surface area (Å²) in [6.07, 6.45) is 8.20. The molecule has 0 spiro atoms. The largest absolute Gasteiger partial charge is 0.353 e. The van der Waals surface area contributed by atoms with Crippen molar-refractivity contribution in [1.82, 2.24) is 14.7 Å². The third-order valence-corrected chi connectivity index (χ3v) is 6.81. The second kappa shape index (κ2) is 8.13. The number of nitrogens with zero attached hydrogens (tertiary/aromatic N) is 4. The van der Waals surface area contributed by atoms with Crippen LogP contribution in [0, 0.1) is 18.8 Å². The van der Waals surface area contributed by atoms with E-state index in [4.69, 9.17) is 0 Å². The first-order valence-electron chi connectivity index (χ1n) is 10.9. The number of anilines is 2. The van der Waals surface area contributed by atoms with E-state index < -0.39 is 0 Å². The van der Waals surface area contributed by atoms with E-state index in [2.05, 4.69) is 15.3 Å². The van der Waals surface area contributed by atoms with Gasteiger partial charge in [-0.1, -0.05) is 12.8 Å². The van der Waals surface area contributed by atoms with E-state index in [0.717, 1.165) is 94.7 Å². The van der Waals surface area contributed by atoms with Crippen LogP contribution >= 0.6 is 0 Å². The molecule has 28 heavy (non-hydrogen) atoms. The predicted octanol–water partition coefficient (Wildman–Crippen LogP) is 2.70. The zero-order valence-electron chi connectivity index (χ0n) is 17.2. The summed E-state index contributed by atoms with van der Waals surface area (Å²) in [6, 6.07) is 0. The monoisotopic (exact) mass is 387 g/mol. The Kier molecular flexibility index (Phi) is 5.60. The number of nitrogens with one attached hydrogen (secondary N) is 1. The maximum Gasteiger partial charge on any atom is 0.228 e. The van der Waals surface area contributed by atoms with Crippen molar-refractivity contribution in [1.29, 1.82) is 0 Å². The standard InChI is InChI=1S/C21H33N5O2/c1-15-18(19(23-24(15)2)25-11-5-6-12-25)22-20(27)16-9-3-4-10-17(16)21(28)26-13-7-8-14-26/h16-17H,3-14H2,1-2H3,(H,22,27)/t16-,17+/m0/s1. The summed E-state index contributed by atoms with van der Waals surface area (Å²) < 4.78 is 1.84. The van der Waals surface area contributed by atoms with Crippen molar-refractivity contribution < 1.29 is 9.59 Å². The van der Waals surface area contributed by atoms with E-state index >= 15 is 0 Å². The fourth-order valence-corrected chi connectivity index (χ4v) is 5.02.